The fourth-order valence-corrected chi connectivity index (χ4v) is 2.53. The molecule has 0 aromatic heterocycles. The van der Waals surface area contributed by atoms with Crippen LogP contribution in [0.5, 0.6) is 5.75 Å². The number of ether oxygens (including phenoxy) is 1. The maximum absolute atomic E-state index is 11.3. The van der Waals surface area contributed by atoms with Crippen LogP contribution in [0.3, 0.4) is 0 Å². The molecule has 0 spiro atoms. The highest BCUT2D eigenvalue weighted by Crippen LogP contribution is 2.24. The minimum Gasteiger partial charge on any atom is -0.496 e. The first-order chi connectivity index (χ1) is 9.20. The summed E-state index contributed by atoms with van der Waals surface area (Å²) >= 11 is 3.42. The number of halogens is 1. The highest BCUT2D eigenvalue weighted by molar-refractivity contribution is 9.09. The molecule has 0 radical (unpaired) electrons. The molecule has 0 aliphatic heterocycles. The van der Waals surface area contributed by atoms with Gasteiger partial charge in [0.15, 0.2) is 0 Å². The molecule has 0 bridgehead atoms. The number of alkyl halides is 1. The van der Waals surface area contributed by atoms with Crippen molar-refractivity contribution in [3.8, 4) is 5.75 Å². The van der Waals surface area contributed by atoms with E-state index in [2.05, 4.69) is 15.9 Å². The Kier molecular flexibility index (Phi) is 7.56. The van der Waals surface area contributed by atoms with E-state index in [0.29, 0.717) is 11.3 Å². The van der Waals surface area contributed by atoms with Crippen LogP contribution in [0, 0.1) is 0 Å². The second kappa shape index (κ2) is 8.97. The summed E-state index contributed by atoms with van der Waals surface area (Å²) in [6, 6.07) is 5.43. The van der Waals surface area contributed by atoms with Crippen LogP contribution < -0.4 is 4.74 Å². The molecule has 1 aromatic carbocycles. The molecule has 0 fully saturated rings. The van der Waals surface area contributed by atoms with E-state index in [9.17, 15) is 9.90 Å². The second-order valence-corrected chi connectivity index (χ2v) is 5.30. The fourth-order valence-electron chi connectivity index (χ4n) is 2.14. The Morgan fingerprint density at radius 2 is 1.89 bits per heavy atom. The van der Waals surface area contributed by atoms with Crippen LogP contribution in [-0.4, -0.2) is 23.5 Å². The first-order valence-corrected chi connectivity index (χ1v) is 7.78. The lowest BCUT2D eigenvalue weighted by molar-refractivity contribution is 0.0692. The predicted molar refractivity (Wildman–Crippen MR) is 80.5 cm³/mol. The Morgan fingerprint density at radius 3 is 2.53 bits per heavy atom. The van der Waals surface area contributed by atoms with Gasteiger partial charge in [-0.25, -0.2) is 4.79 Å². The summed E-state index contributed by atoms with van der Waals surface area (Å²) in [5.41, 5.74) is 1.18. The van der Waals surface area contributed by atoms with Crippen LogP contribution in [-0.2, 0) is 6.42 Å². The third-order valence-electron chi connectivity index (χ3n) is 3.13. The minimum atomic E-state index is -0.910. The van der Waals surface area contributed by atoms with Gasteiger partial charge < -0.3 is 9.84 Å². The molecular weight excluding hydrogens is 308 g/mol. The lowest BCUT2D eigenvalue weighted by Gasteiger charge is -2.10. The molecule has 0 amide bonds. The smallest absolute Gasteiger partial charge is 0.339 e. The zero-order valence-electron chi connectivity index (χ0n) is 11.3. The van der Waals surface area contributed by atoms with E-state index >= 15 is 0 Å². The number of unbranched alkanes of at least 4 members (excludes halogenated alkanes) is 4. The molecule has 1 rings (SSSR count). The summed E-state index contributed by atoms with van der Waals surface area (Å²) in [7, 11) is 1.51. The van der Waals surface area contributed by atoms with Crippen molar-refractivity contribution in [3.63, 3.8) is 0 Å². The number of hydrogen-bond acceptors (Lipinski definition) is 2. The average molecular weight is 329 g/mol. The Balaban J connectivity index is 2.55. The van der Waals surface area contributed by atoms with Gasteiger partial charge in [0, 0.05) is 5.33 Å². The van der Waals surface area contributed by atoms with E-state index in [1.807, 2.05) is 12.1 Å². The molecule has 19 heavy (non-hydrogen) atoms. The molecule has 0 aliphatic carbocycles. The van der Waals surface area contributed by atoms with Crippen molar-refractivity contribution in [2.75, 3.05) is 12.4 Å². The maximum atomic E-state index is 11.3. The third-order valence-corrected chi connectivity index (χ3v) is 3.69. The van der Waals surface area contributed by atoms with Crippen molar-refractivity contribution in [1.29, 1.82) is 0 Å². The zero-order chi connectivity index (χ0) is 14.1. The maximum Gasteiger partial charge on any atom is 0.339 e. The quantitative estimate of drug-likeness (QED) is 0.543. The summed E-state index contributed by atoms with van der Waals surface area (Å²) in [6.45, 7) is 0. The van der Waals surface area contributed by atoms with E-state index in [0.717, 1.165) is 30.2 Å². The SMILES string of the molecule is COc1cccc(CCCCCCCBr)c1C(=O)O. The van der Waals surface area contributed by atoms with Crippen LogP contribution >= 0.6 is 15.9 Å². The Hall–Kier alpha value is -1.03. The van der Waals surface area contributed by atoms with Gasteiger partial charge in [0.1, 0.15) is 11.3 Å². The molecule has 3 nitrogen and oxygen atoms in total. The lowest BCUT2D eigenvalue weighted by atomic mass is 10.00. The molecule has 1 N–H and O–H groups in total. The highest BCUT2D eigenvalue weighted by Gasteiger charge is 2.15. The van der Waals surface area contributed by atoms with E-state index < -0.39 is 5.97 Å². The molecule has 4 heteroatoms. The van der Waals surface area contributed by atoms with Gasteiger partial charge in [-0.1, -0.05) is 47.3 Å². The van der Waals surface area contributed by atoms with Gasteiger partial charge in [-0.05, 0) is 30.9 Å². The van der Waals surface area contributed by atoms with E-state index in [1.54, 1.807) is 6.07 Å². The average Bonchev–Trinajstić information content (AvgIpc) is 2.42. The third kappa shape index (κ3) is 5.23. The van der Waals surface area contributed by atoms with Gasteiger partial charge in [0.25, 0.3) is 0 Å². The van der Waals surface area contributed by atoms with E-state index in [-0.39, 0.29) is 0 Å². The fraction of sp³-hybridized carbons (Fsp3) is 0.533. The Bertz CT molecular complexity index is 404. The number of carbonyl (C=O) groups is 1. The first kappa shape index (κ1) is 16.0. The Labute approximate surface area is 123 Å². The minimum absolute atomic E-state index is 0.311. The van der Waals surface area contributed by atoms with Crippen LogP contribution in [0.4, 0.5) is 0 Å². The lowest BCUT2D eigenvalue weighted by Crippen LogP contribution is -2.05. The van der Waals surface area contributed by atoms with Crippen molar-refractivity contribution in [2.45, 2.75) is 38.5 Å². The van der Waals surface area contributed by atoms with Crippen molar-refractivity contribution in [3.05, 3.63) is 29.3 Å². The normalized spacial score (nSPS) is 10.4. The molecule has 0 aliphatic rings. The number of rotatable bonds is 9. The number of methoxy groups -OCH3 is 1. The largest absolute Gasteiger partial charge is 0.496 e. The van der Waals surface area contributed by atoms with Crippen molar-refractivity contribution in [1.82, 2.24) is 0 Å². The molecule has 0 atom stereocenters. The molecule has 1 aromatic rings. The van der Waals surface area contributed by atoms with Gasteiger partial charge in [-0.3, -0.25) is 0 Å². The van der Waals surface area contributed by atoms with E-state index in [1.165, 1.54) is 26.4 Å². The van der Waals surface area contributed by atoms with Crippen molar-refractivity contribution in [2.24, 2.45) is 0 Å². The number of aromatic carboxylic acids is 1. The predicted octanol–water partition coefficient (Wildman–Crippen LogP) is 4.28. The van der Waals surface area contributed by atoms with Crippen LogP contribution in [0.1, 0.15) is 48.0 Å². The number of carboxylic acid groups (broad SMARTS) is 1. The van der Waals surface area contributed by atoms with Crippen molar-refractivity contribution >= 4 is 21.9 Å². The van der Waals surface area contributed by atoms with Gasteiger partial charge >= 0.3 is 5.97 Å². The van der Waals surface area contributed by atoms with Crippen LogP contribution in [0.15, 0.2) is 18.2 Å². The van der Waals surface area contributed by atoms with Crippen LogP contribution in [0.25, 0.3) is 0 Å². The molecule has 0 saturated carbocycles. The molecule has 106 valence electrons. The number of carboxylic acids is 1. The molecule has 0 unspecified atom stereocenters. The van der Waals surface area contributed by atoms with Gasteiger partial charge in [-0.15, -0.1) is 0 Å². The highest BCUT2D eigenvalue weighted by atomic mass is 79.9. The summed E-state index contributed by atoms with van der Waals surface area (Å²) in [5, 5.41) is 10.3. The summed E-state index contributed by atoms with van der Waals surface area (Å²) < 4.78 is 5.12. The van der Waals surface area contributed by atoms with Gasteiger partial charge in [-0.2, -0.15) is 0 Å². The Morgan fingerprint density at radius 1 is 1.21 bits per heavy atom. The number of hydrogen-bond donors (Lipinski definition) is 1. The van der Waals surface area contributed by atoms with E-state index in [4.69, 9.17) is 4.74 Å². The molecule has 0 heterocycles. The molecule has 0 saturated heterocycles. The molecular formula is C15H21BrO3. The van der Waals surface area contributed by atoms with Gasteiger partial charge in [0.05, 0.1) is 7.11 Å². The standard InChI is InChI=1S/C15H21BrO3/c1-19-13-10-7-9-12(14(13)15(17)18)8-5-3-2-4-6-11-16/h7,9-10H,2-6,8,11H2,1H3,(H,17,18). The summed E-state index contributed by atoms with van der Waals surface area (Å²) in [6.07, 6.45) is 6.61. The van der Waals surface area contributed by atoms with Crippen LogP contribution in [0.2, 0.25) is 0 Å². The summed E-state index contributed by atoms with van der Waals surface area (Å²) in [4.78, 5) is 11.3. The second-order valence-electron chi connectivity index (χ2n) is 4.51. The number of aryl methyl sites for hydroxylation is 1. The first-order valence-electron chi connectivity index (χ1n) is 6.65. The number of benzene rings is 1. The topological polar surface area (TPSA) is 46.5 Å². The van der Waals surface area contributed by atoms with Crippen molar-refractivity contribution < 1.29 is 14.6 Å². The zero-order valence-corrected chi connectivity index (χ0v) is 12.9. The monoisotopic (exact) mass is 328 g/mol. The summed E-state index contributed by atoms with van der Waals surface area (Å²) in [5.74, 6) is -0.462. The van der Waals surface area contributed by atoms with Gasteiger partial charge in [0.2, 0.25) is 0 Å².